The van der Waals surface area contributed by atoms with Crippen LogP contribution in [0.5, 0.6) is 0 Å². The van der Waals surface area contributed by atoms with Crippen molar-refractivity contribution < 1.29 is 4.79 Å². The zero-order valence-electron chi connectivity index (χ0n) is 6.27. The summed E-state index contributed by atoms with van der Waals surface area (Å²) in [7, 11) is 1.51. The number of carbonyl (C=O) groups is 1. The number of amides is 1. The summed E-state index contributed by atoms with van der Waals surface area (Å²) in [6.07, 6.45) is 1.39. The molecule has 0 aliphatic heterocycles. The Morgan fingerprint density at radius 2 is 2.25 bits per heavy atom. The molecule has 3 nitrogen and oxygen atoms in total. The van der Waals surface area contributed by atoms with Gasteiger partial charge in [-0.2, -0.15) is 0 Å². The summed E-state index contributed by atoms with van der Waals surface area (Å²) in [6, 6.07) is 1.47. The van der Waals surface area contributed by atoms with E-state index in [2.05, 4.69) is 10.3 Å². The lowest BCUT2D eigenvalue weighted by Crippen LogP contribution is -2.18. The standard InChI is InChI=1S/C7H6Cl2N2O/c1-10-7(12)5-2-4(8)3-11-6(5)9/h2-3H,1H3,(H,10,12). The van der Waals surface area contributed by atoms with Gasteiger partial charge in [-0.15, -0.1) is 0 Å². The van der Waals surface area contributed by atoms with Crippen molar-refractivity contribution in [1.29, 1.82) is 0 Å². The van der Waals surface area contributed by atoms with Crippen molar-refractivity contribution in [3.63, 3.8) is 0 Å². The van der Waals surface area contributed by atoms with Crippen molar-refractivity contribution in [2.45, 2.75) is 0 Å². The second-order valence-electron chi connectivity index (χ2n) is 2.07. The number of halogens is 2. The third-order valence-corrected chi connectivity index (χ3v) is 1.79. The Kier molecular flexibility index (Phi) is 2.89. The average molecular weight is 205 g/mol. The van der Waals surface area contributed by atoms with Crippen molar-refractivity contribution in [3.8, 4) is 0 Å². The number of nitrogens with one attached hydrogen (secondary N) is 1. The Hall–Kier alpha value is -0.800. The van der Waals surface area contributed by atoms with E-state index < -0.39 is 0 Å². The summed E-state index contributed by atoms with van der Waals surface area (Å²) in [6.45, 7) is 0. The Morgan fingerprint density at radius 3 is 2.83 bits per heavy atom. The summed E-state index contributed by atoms with van der Waals surface area (Å²) in [5.41, 5.74) is 0.284. The summed E-state index contributed by atoms with van der Waals surface area (Å²) < 4.78 is 0. The van der Waals surface area contributed by atoms with E-state index in [4.69, 9.17) is 23.2 Å². The molecule has 12 heavy (non-hydrogen) atoms. The number of hydrogen-bond acceptors (Lipinski definition) is 2. The SMILES string of the molecule is CNC(=O)c1cc(Cl)cnc1Cl. The molecule has 5 heteroatoms. The van der Waals surface area contributed by atoms with E-state index in [-0.39, 0.29) is 16.6 Å². The first kappa shape index (κ1) is 9.29. The highest BCUT2D eigenvalue weighted by Gasteiger charge is 2.09. The monoisotopic (exact) mass is 204 g/mol. The summed E-state index contributed by atoms with van der Waals surface area (Å²) in [5.74, 6) is -0.296. The Morgan fingerprint density at radius 1 is 1.58 bits per heavy atom. The molecule has 1 amide bonds. The maximum atomic E-state index is 11.1. The highest BCUT2D eigenvalue weighted by Crippen LogP contribution is 2.16. The van der Waals surface area contributed by atoms with Gasteiger partial charge in [0.15, 0.2) is 0 Å². The molecule has 0 atom stereocenters. The molecule has 1 aromatic rings. The van der Waals surface area contributed by atoms with Gasteiger partial charge in [0.25, 0.3) is 5.91 Å². The molecule has 0 fully saturated rings. The first-order valence-corrected chi connectivity index (χ1v) is 3.94. The van der Waals surface area contributed by atoms with Crippen LogP contribution in [0.1, 0.15) is 10.4 Å². The third-order valence-electron chi connectivity index (χ3n) is 1.28. The van der Waals surface area contributed by atoms with E-state index >= 15 is 0 Å². The molecule has 0 aromatic carbocycles. The minimum absolute atomic E-state index is 0.152. The van der Waals surface area contributed by atoms with Crippen LogP contribution in [0.25, 0.3) is 0 Å². The number of aromatic nitrogens is 1. The van der Waals surface area contributed by atoms with Gasteiger partial charge in [0, 0.05) is 13.2 Å². The van der Waals surface area contributed by atoms with E-state index in [1.54, 1.807) is 0 Å². The van der Waals surface area contributed by atoms with E-state index in [1.807, 2.05) is 0 Å². The minimum Gasteiger partial charge on any atom is -0.355 e. The molecule has 0 radical (unpaired) electrons. The molecule has 0 bridgehead atoms. The lowest BCUT2D eigenvalue weighted by molar-refractivity contribution is 0.0963. The number of rotatable bonds is 1. The van der Waals surface area contributed by atoms with Crippen molar-refractivity contribution >= 4 is 29.1 Å². The van der Waals surface area contributed by atoms with Crippen molar-refractivity contribution in [2.24, 2.45) is 0 Å². The molecule has 1 aromatic heterocycles. The predicted molar refractivity (Wildman–Crippen MR) is 47.6 cm³/mol. The smallest absolute Gasteiger partial charge is 0.254 e. The van der Waals surface area contributed by atoms with Gasteiger partial charge >= 0.3 is 0 Å². The molecule has 1 heterocycles. The van der Waals surface area contributed by atoms with Crippen LogP contribution in [-0.4, -0.2) is 17.9 Å². The molecule has 0 saturated carbocycles. The van der Waals surface area contributed by atoms with Gasteiger partial charge in [-0.1, -0.05) is 23.2 Å². The number of hydrogen-bond donors (Lipinski definition) is 1. The second kappa shape index (κ2) is 3.74. The Balaban J connectivity index is 3.13. The van der Waals surface area contributed by atoms with Crippen LogP contribution in [0, 0.1) is 0 Å². The summed E-state index contributed by atoms with van der Waals surface area (Å²) >= 11 is 11.3. The second-order valence-corrected chi connectivity index (χ2v) is 2.87. The number of nitrogens with zero attached hydrogens (tertiary/aromatic N) is 1. The first-order chi connectivity index (χ1) is 5.65. The molecule has 1 N–H and O–H groups in total. The maximum Gasteiger partial charge on any atom is 0.254 e. The summed E-state index contributed by atoms with van der Waals surface area (Å²) in [5, 5.41) is 2.97. The molecule has 1 rings (SSSR count). The first-order valence-electron chi connectivity index (χ1n) is 3.18. The van der Waals surface area contributed by atoms with Crippen LogP contribution >= 0.6 is 23.2 Å². The molecule has 0 unspecified atom stereocenters. The van der Waals surface area contributed by atoms with Crippen LogP contribution in [0.4, 0.5) is 0 Å². The van der Waals surface area contributed by atoms with Crippen LogP contribution in [0.15, 0.2) is 12.3 Å². The van der Waals surface area contributed by atoms with Gasteiger partial charge in [0.05, 0.1) is 10.6 Å². The fraction of sp³-hybridized carbons (Fsp3) is 0.143. The molecule has 0 spiro atoms. The van der Waals surface area contributed by atoms with Gasteiger partial charge in [-0.3, -0.25) is 4.79 Å². The fourth-order valence-electron chi connectivity index (χ4n) is 0.716. The minimum atomic E-state index is -0.296. The van der Waals surface area contributed by atoms with Crippen LogP contribution in [-0.2, 0) is 0 Å². The Bertz CT molecular complexity index is 314. The highest BCUT2D eigenvalue weighted by molar-refractivity contribution is 6.34. The van der Waals surface area contributed by atoms with Gasteiger partial charge in [0.1, 0.15) is 5.15 Å². The van der Waals surface area contributed by atoms with Crippen LogP contribution in [0.3, 0.4) is 0 Å². The zero-order chi connectivity index (χ0) is 9.14. The normalized spacial score (nSPS) is 9.58. The molecule has 0 aliphatic rings. The number of carbonyl (C=O) groups excluding carboxylic acids is 1. The maximum absolute atomic E-state index is 11.1. The average Bonchev–Trinajstić information content (AvgIpc) is 2.08. The fourth-order valence-corrected chi connectivity index (χ4v) is 1.06. The van der Waals surface area contributed by atoms with Crippen molar-refractivity contribution in [3.05, 3.63) is 28.0 Å². The molecule has 0 aliphatic carbocycles. The van der Waals surface area contributed by atoms with Gasteiger partial charge in [-0.25, -0.2) is 4.98 Å². The van der Waals surface area contributed by atoms with Crippen LogP contribution in [0.2, 0.25) is 10.2 Å². The van der Waals surface area contributed by atoms with E-state index in [0.29, 0.717) is 5.02 Å². The lowest BCUT2D eigenvalue weighted by Gasteiger charge is -2.01. The quantitative estimate of drug-likeness (QED) is 0.709. The highest BCUT2D eigenvalue weighted by atomic mass is 35.5. The molecular weight excluding hydrogens is 199 g/mol. The number of pyridine rings is 1. The molecular formula is C7H6Cl2N2O. The lowest BCUT2D eigenvalue weighted by atomic mass is 10.3. The van der Waals surface area contributed by atoms with E-state index in [0.717, 1.165) is 0 Å². The van der Waals surface area contributed by atoms with Crippen molar-refractivity contribution in [2.75, 3.05) is 7.05 Å². The third kappa shape index (κ3) is 1.87. The summed E-state index contributed by atoms with van der Waals surface area (Å²) in [4.78, 5) is 14.8. The largest absolute Gasteiger partial charge is 0.355 e. The van der Waals surface area contributed by atoms with Gasteiger partial charge in [0.2, 0.25) is 0 Å². The Labute approximate surface area is 79.7 Å². The van der Waals surface area contributed by atoms with E-state index in [1.165, 1.54) is 19.3 Å². The zero-order valence-corrected chi connectivity index (χ0v) is 7.78. The predicted octanol–water partition coefficient (Wildman–Crippen LogP) is 1.75. The van der Waals surface area contributed by atoms with Crippen molar-refractivity contribution in [1.82, 2.24) is 10.3 Å². The van der Waals surface area contributed by atoms with E-state index in [9.17, 15) is 4.79 Å². The van der Waals surface area contributed by atoms with Gasteiger partial charge < -0.3 is 5.32 Å². The molecule has 0 saturated heterocycles. The van der Waals surface area contributed by atoms with Crippen LogP contribution < -0.4 is 5.32 Å². The topological polar surface area (TPSA) is 42.0 Å². The molecule has 64 valence electrons. The van der Waals surface area contributed by atoms with Gasteiger partial charge in [-0.05, 0) is 6.07 Å².